The smallest absolute Gasteiger partial charge is 0.383 e. The van der Waals surface area contributed by atoms with Gasteiger partial charge in [-0.3, -0.25) is 9.78 Å². The number of carbonyl (C=O) groups excluding carboxylic acids is 1. The first kappa shape index (κ1) is 25.3. The number of pyridine rings is 1. The minimum Gasteiger partial charge on any atom is -0.383 e. The molecule has 5 rings (SSSR count). The zero-order chi connectivity index (χ0) is 26.2. The van der Waals surface area contributed by atoms with Crippen LogP contribution in [0.15, 0.2) is 41.3 Å². The molecule has 1 aliphatic carbocycles. The molecular weight excluding hydrogens is 555 g/mol. The van der Waals surface area contributed by atoms with Crippen LogP contribution in [0.4, 0.5) is 19.1 Å². The van der Waals surface area contributed by atoms with Gasteiger partial charge in [0.1, 0.15) is 4.60 Å². The molecule has 37 heavy (non-hydrogen) atoms. The molecular formula is C24H23BrF3N7O2. The van der Waals surface area contributed by atoms with Gasteiger partial charge in [0, 0.05) is 43.4 Å². The fourth-order valence-corrected chi connectivity index (χ4v) is 5.03. The van der Waals surface area contributed by atoms with E-state index >= 15 is 0 Å². The van der Waals surface area contributed by atoms with Crippen molar-refractivity contribution in [3.63, 3.8) is 0 Å². The SMILES string of the molecule is COCCNC(=O)[C@@H]1CC[C@@H](Nc2ncc3c(Br)nn(-c4cc(C(F)(F)F)c5ncccc5c4)c3n2)C1. The molecule has 2 atom stereocenters. The van der Waals surface area contributed by atoms with Crippen LogP contribution in [-0.4, -0.2) is 56.9 Å². The number of hydrogen-bond acceptors (Lipinski definition) is 7. The van der Waals surface area contributed by atoms with Crippen LogP contribution in [0.2, 0.25) is 0 Å². The van der Waals surface area contributed by atoms with E-state index in [-0.39, 0.29) is 29.1 Å². The van der Waals surface area contributed by atoms with Gasteiger partial charge in [-0.2, -0.15) is 23.3 Å². The number of rotatable bonds is 7. The summed E-state index contributed by atoms with van der Waals surface area (Å²) in [5, 5.41) is 11.4. The Bertz CT molecular complexity index is 1460. The van der Waals surface area contributed by atoms with Gasteiger partial charge < -0.3 is 15.4 Å². The minimum atomic E-state index is -4.60. The first-order valence-corrected chi connectivity index (χ1v) is 12.4. The molecule has 0 aliphatic heterocycles. The molecule has 4 aromatic rings. The summed E-state index contributed by atoms with van der Waals surface area (Å²) in [6, 6.07) is 5.76. The van der Waals surface area contributed by atoms with Gasteiger partial charge in [-0.25, -0.2) is 9.67 Å². The largest absolute Gasteiger partial charge is 0.418 e. The van der Waals surface area contributed by atoms with Gasteiger partial charge in [0.25, 0.3) is 0 Å². The third-order valence-corrected chi connectivity index (χ3v) is 6.95. The van der Waals surface area contributed by atoms with Crippen molar-refractivity contribution < 1.29 is 22.7 Å². The lowest BCUT2D eigenvalue weighted by Crippen LogP contribution is -2.32. The number of aromatic nitrogens is 5. The fourth-order valence-electron chi connectivity index (χ4n) is 4.59. The van der Waals surface area contributed by atoms with Crippen molar-refractivity contribution in [2.45, 2.75) is 31.5 Å². The maximum absolute atomic E-state index is 13.9. The Morgan fingerprint density at radius 1 is 1.27 bits per heavy atom. The van der Waals surface area contributed by atoms with E-state index in [4.69, 9.17) is 4.74 Å². The maximum Gasteiger partial charge on any atom is 0.418 e. The molecule has 13 heteroatoms. The molecule has 3 heterocycles. The molecule has 0 radical (unpaired) electrons. The van der Waals surface area contributed by atoms with Gasteiger partial charge in [-0.15, -0.1) is 0 Å². The van der Waals surface area contributed by atoms with Gasteiger partial charge in [0.2, 0.25) is 11.9 Å². The molecule has 194 valence electrons. The highest BCUT2D eigenvalue weighted by Gasteiger charge is 2.34. The number of ether oxygens (including phenoxy) is 1. The number of halogens is 4. The van der Waals surface area contributed by atoms with Crippen LogP contribution >= 0.6 is 15.9 Å². The average molecular weight is 578 g/mol. The lowest BCUT2D eigenvalue weighted by molar-refractivity contribution is -0.136. The quantitative estimate of drug-likeness (QED) is 0.312. The number of carbonyl (C=O) groups is 1. The summed E-state index contributed by atoms with van der Waals surface area (Å²) in [6.07, 6.45) is 0.413. The molecule has 1 fully saturated rings. The van der Waals surface area contributed by atoms with E-state index < -0.39 is 11.7 Å². The number of fused-ring (bicyclic) bond motifs is 2. The summed E-state index contributed by atoms with van der Waals surface area (Å²) in [6.45, 7) is 0.916. The fraction of sp³-hybridized carbons (Fsp3) is 0.375. The Hall–Kier alpha value is -3.32. The Morgan fingerprint density at radius 2 is 2.11 bits per heavy atom. The van der Waals surface area contributed by atoms with E-state index in [0.29, 0.717) is 46.5 Å². The van der Waals surface area contributed by atoms with Crippen molar-refractivity contribution in [3.8, 4) is 5.69 Å². The Kier molecular flexibility index (Phi) is 6.99. The van der Waals surface area contributed by atoms with Crippen molar-refractivity contribution in [1.82, 2.24) is 30.0 Å². The molecule has 1 aliphatic rings. The lowest BCUT2D eigenvalue weighted by atomic mass is 10.1. The van der Waals surface area contributed by atoms with Crippen LogP contribution in [0.3, 0.4) is 0 Å². The molecule has 0 bridgehead atoms. The highest BCUT2D eigenvalue weighted by atomic mass is 79.9. The Morgan fingerprint density at radius 3 is 2.89 bits per heavy atom. The standard InChI is InChI=1S/C24H23BrF3N7O2/c1-37-8-7-30-22(36)14-4-5-15(9-14)32-23-31-12-17-20(25)34-35(21(17)33-23)16-10-13-3-2-6-29-19(13)18(11-16)24(26,27)28/h2-3,6,10-12,14-15H,4-5,7-9H2,1H3,(H,30,36)(H,31,32,33)/t14-,15-/m1/s1. The number of amides is 1. The second-order valence-corrected chi connectivity index (χ2v) is 9.59. The first-order chi connectivity index (χ1) is 17.7. The molecule has 9 nitrogen and oxygen atoms in total. The molecule has 3 aromatic heterocycles. The van der Waals surface area contributed by atoms with Gasteiger partial charge in [-0.05, 0) is 53.4 Å². The number of benzene rings is 1. The van der Waals surface area contributed by atoms with Crippen LogP contribution in [-0.2, 0) is 15.7 Å². The number of hydrogen-bond donors (Lipinski definition) is 2. The second kappa shape index (κ2) is 10.2. The van der Waals surface area contributed by atoms with Gasteiger partial charge >= 0.3 is 6.18 Å². The third-order valence-electron chi connectivity index (χ3n) is 6.36. The van der Waals surface area contributed by atoms with Crippen molar-refractivity contribution in [1.29, 1.82) is 0 Å². The second-order valence-electron chi connectivity index (χ2n) is 8.83. The number of anilines is 1. The normalized spacial score (nSPS) is 18.0. The Labute approximate surface area is 218 Å². The molecule has 1 amide bonds. The predicted molar refractivity (Wildman–Crippen MR) is 134 cm³/mol. The number of alkyl halides is 3. The van der Waals surface area contributed by atoms with Crippen molar-refractivity contribution >= 4 is 49.7 Å². The third kappa shape index (κ3) is 5.23. The van der Waals surface area contributed by atoms with E-state index in [1.165, 1.54) is 10.9 Å². The molecule has 2 N–H and O–H groups in total. The topological polar surface area (TPSA) is 107 Å². The van der Waals surface area contributed by atoms with Crippen molar-refractivity contribution in [2.75, 3.05) is 25.6 Å². The number of methoxy groups -OCH3 is 1. The lowest BCUT2D eigenvalue weighted by Gasteiger charge is -2.14. The van der Waals surface area contributed by atoms with Crippen molar-refractivity contribution in [2.24, 2.45) is 5.92 Å². The minimum absolute atomic E-state index is 0.00834. The molecule has 1 aromatic carbocycles. The average Bonchev–Trinajstić information content (AvgIpc) is 3.47. The Balaban J connectivity index is 1.44. The summed E-state index contributed by atoms with van der Waals surface area (Å²) in [7, 11) is 1.58. The molecule has 0 spiro atoms. The zero-order valence-electron chi connectivity index (χ0n) is 19.7. The summed E-state index contributed by atoms with van der Waals surface area (Å²) in [4.78, 5) is 25.2. The highest BCUT2D eigenvalue weighted by molar-refractivity contribution is 9.10. The summed E-state index contributed by atoms with van der Waals surface area (Å²) in [5.74, 6) is 0.181. The van der Waals surface area contributed by atoms with Gasteiger partial charge in [0.15, 0.2) is 5.65 Å². The maximum atomic E-state index is 13.9. The van der Waals surface area contributed by atoms with Crippen LogP contribution in [0, 0.1) is 5.92 Å². The molecule has 0 unspecified atom stereocenters. The number of nitrogens with zero attached hydrogens (tertiary/aromatic N) is 5. The summed E-state index contributed by atoms with van der Waals surface area (Å²) >= 11 is 3.36. The van der Waals surface area contributed by atoms with E-state index in [0.717, 1.165) is 18.9 Å². The molecule has 1 saturated carbocycles. The molecule has 0 saturated heterocycles. The van der Waals surface area contributed by atoms with Crippen molar-refractivity contribution in [3.05, 3.63) is 46.8 Å². The summed E-state index contributed by atoms with van der Waals surface area (Å²) < 4.78 is 48.3. The number of nitrogens with one attached hydrogen (secondary N) is 2. The van der Waals surface area contributed by atoms with Crippen LogP contribution in [0.1, 0.15) is 24.8 Å². The highest BCUT2D eigenvalue weighted by Crippen LogP contribution is 2.36. The zero-order valence-corrected chi connectivity index (χ0v) is 21.3. The van der Waals surface area contributed by atoms with Gasteiger partial charge in [-0.1, -0.05) is 6.07 Å². The van der Waals surface area contributed by atoms with E-state index in [2.05, 4.69) is 46.6 Å². The van der Waals surface area contributed by atoms with Crippen LogP contribution < -0.4 is 10.6 Å². The predicted octanol–water partition coefficient (Wildman–Crippen LogP) is 4.49. The monoisotopic (exact) mass is 577 g/mol. The van der Waals surface area contributed by atoms with Crippen LogP contribution in [0.5, 0.6) is 0 Å². The van der Waals surface area contributed by atoms with E-state index in [1.54, 1.807) is 31.5 Å². The van der Waals surface area contributed by atoms with E-state index in [1.807, 2.05) is 0 Å². The summed E-state index contributed by atoms with van der Waals surface area (Å²) in [5.41, 5.74) is -0.448. The van der Waals surface area contributed by atoms with E-state index in [9.17, 15) is 18.0 Å². The first-order valence-electron chi connectivity index (χ1n) is 11.7. The van der Waals surface area contributed by atoms with Crippen LogP contribution in [0.25, 0.3) is 27.6 Å². The van der Waals surface area contributed by atoms with Gasteiger partial charge in [0.05, 0.1) is 28.8 Å².